The van der Waals surface area contributed by atoms with Crippen LogP contribution < -0.4 is 4.72 Å². The topological polar surface area (TPSA) is 92.0 Å². The van der Waals surface area contributed by atoms with Gasteiger partial charge in [0.15, 0.2) is 0 Å². The number of sulfonamides is 1. The van der Waals surface area contributed by atoms with Gasteiger partial charge in [-0.2, -0.15) is 5.10 Å². The Bertz CT molecular complexity index is 1160. The summed E-state index contributed by atoms with van der Waals surface area (Å²) in [7, 11) is -3.69. The van der Waals surface area contributed by atoms with Crippen LogP contribution in [0.15, 0.2) is 87.4 Å². The summed E-state index contributed by atoms with van der Waals surface area (Å²) in [4.78, 5) is 12.2. The van der Waals surface area contributed by atoms with E-state index in [1.54, 1.807) is 48.7 Å². The van der Waals surface area contributed by atoms with Crippen molar-refractivity contribution in [2.45, 2.75) is 24.3 Å². The molecule has 1 amide bonds. The van der Waals surface area contributed by atoms with Crippen molar-refractivity contribution in [3.05, 3.63) is 84.3 Å². The molecule has 2 heterocycles. The van der Waals surface area contributed by atoms with Crippen LogP contribution in [0.1, 0.15) is 30.7 Å². The molecule has 1 aliphatic heterocycles. The van der Waals surface area contributed by atoms with Crippen molar-refractivity contribution in [3.8, 4) is 0 Å². The van der Waals surface area contributed by atoms with E-state index >= 15 is 0 Å². The predicted octanol–water partition coefficient (Wildman–Crippen LogP) is 3.78. The zero-order valence-electron chi connectivity index (χ0n) is 15.6. The van der Waals surface area contributed by atoms with E-state index in [9.17, 15) is 13.2 Å². The normalized spacial score (nSPS) is 16.5. The average Bonchev–Trinajstić information content (AvgIpc) is 3.38. The fourth-order valence-electron chi connectivity index (χ4n) is 3.25. The average molecular weight is 409 g/mol. The number of rotatable bonds is 5. The van der Waals surface area contributed by atoms with Gasteiger partial charge < -0.3 is 4.42 Å². The molecule has 8 heteroatoms. The summed E-state index contributed by atoms with van der Waals surface area (Å²) in [6.07, 6.45) is 2.03. The van der Waals surface area contributed by atoms with Gasteiger partial charge in [0, 0.05) is 19.0 Å². The molecule has 0 aliphatic carbocycles. The highest BCUT2D eigenvalue weighted by Gasteiger charge is 2.33. The first-order valence-corrected chi connectivity index (χ1v) is 10.5. The van der Waals surface area contributed by atoms with Crippen molar-refractivity contribution in [3.63, 3.8) is 0 Å². The van der Waals surface area contributed by atoms with Gasteiger partial charge in [0.1, 0.15) is 11.8 Å². The van der Waals surface area contributed by atoms with Crippen molar-refractivity contribution < 1.29 is 17.6 Å². The third kappa shape index (κ3) is 3.93. The van der Waals surface area contributed by atoms with Gasteiger partial charge in [0.2, 0.25) is 5.91 Å². The van der Waals surface area contributed by atoms with Gasteiger partial charge >= 0.3 is 0 Å². The van der Waals surface area contributed by atoms with Crippen LogP contribution in [-0.4, -0.2) is 25.0 Å². The number of hydrazone groups is 1. The lowest BCUT2D eigenvalue weighted by atomic mass is 10.0. The number of nitrogens with zero attached hydrogens (tertiary/aromatic N) is 2. The van der Waals surface area contributed by atoms with Crippen LogP contribution in [-0.2, 0) is 14.8 Å². The monoisotopic (exact) mass is 409 g/mol. The fraction of sp³-hybridized carbons (Fsp3) is 0.143. The van der Waals surface area contributed by atoms with E-state index in [1.807, 2.05) is 12.1 Å². The highest BCUT2D eigenvalue weighted by Crippen LogP contribution is 2.33. The molecule has 1 aliphatic rings. The Labute approximate surface area is 168 Å². The molecule has 0 unspecified atom stereocenters. The Morgan fingerprint density at radius 1 is 1.10 bits per heavy atom. The number of hydrogen-bond donors (Lipinski definition) is 1. The lowest BCUT2D eigenvalue weighted by Gasteiger charge is -2.17. The highest BCUT2D eigenvalue weighted by atomic mass is 32.2. The zero-order valence-corrected chi connectivity index (χ0v) is 16.5. The fourth-order valence-corrected chi connectivity index (χ4v) is 4.32. The van der Waals surface area contributed by atoms with E-state index in [4.69, 9.17) is 4.42 Å². The molecule has 1 aromatic heterocycles. The predicted molar refractivity (Wildman–Crippen MR) is 109 cm³/mol. The van der Waals surface area contributed by atoms with Crippen molar-refractivity contribution >= 4 is 27.3 Å². The number of nitrogens with one attached hydrogen (secondary N) is 1. The van der Waals surface area contributed by atoms with Crippen molar-refractivity contribution in [1.82, 2.24) is 5.01 Å². The molecule has 0 spiro atoms. The Morgan fingerprint density at radius 2 is 1.90 bits per heavy atom. The van der Waals surface area contributed by atoms with Crippen LogP contribution in [0.5, 0.6) is 0 Å². The van der Waals surface area contributed by atoms with Gasteiger partial charge in [0.05, 0.1) is 16.9 Å². The third-order valence-corrected chi connectivity index (χ3v) is 6.00. The molecule has 4 rings (SSSR count). The maximum atomic E-state index is 12.6. The molecule has 3 aromatic rings. The van der Waals surface area contributed by atoms with E-state index in [2.05, 4.69) is 9.82 Å². The van der Waals surface area contributed by atoms with Crippen LogP contribution in [0, 0.1) is 0 Å². The summed E-state index contributed by atoms with van der Waals surface area (Å²) in [6, 6.07) is 18.4. The number of carbonyl (C=O) groups excluding carboxylic acids is 1. The van der Waals surface area contributed by atoms with E-state index in [1.165, 1.54) is 24.1 Å². The second-order valence-electron chi connectivity index (χ2n) is 6.64. The molecule has 29 heavy (non-hydrogen) atoms. The summed E-state index contributed by atoms with van der Waals surface area (Å²) in [5.74, 6) is 0.460. The van der Waals surface area contributed by atoms with Crippen molar-refractivity contribution in [1.29, 1.82) is 0 Å². The SMILES string of the molecule is CC(=O)N1N=C(c2cccc(NS(=O)(=O)c3ccccc3)c2)C[C@@H]1c1ccco1. The summed E-state index contributed by atoms with van der Waals surface area (Å²) < 4.78 is 33.2. The summed E-state index contributed by atoms with van der Waals surface area (Å²) >= 11 is 0. The third-order valence-electron chi connectivity index (χ3n) is 4.61. The maximum absolute atomic E-state index is 12.6. The molecule has 1 N–H and O–H groups in total. The Balaban J connectivity index is 1.61. The number of furan rings is 1. The van der Waals surface area contributed by atoms with E-state index in [0.717, 1.165) is 5.56 Å². The number of carbonyl (C=O) groups is 1. The van der Waals surface area contributed by atoms with Gasteiger partial charge in [-0.1, -0.05) is 30.3 Å². The Hall–Kier alpha value is -3.39. The smallest absolute Gasteiger partial charge is 0.261 e. The number of benzene rings is 2. The van der Waals surface area contributed by atoms with E-state index < -0.39 is 10.0 Å². The van der Waals surface area contributed by atoms with Gasteiger partial charge in [-0.15, -0.1) is 0 Å². The molecule has 0 saturated carbocycles. The zero-order chi connectivity index (χ0) is 20.4. The van der Waals surface area contributed by atoms with Crippen LogP contribution in [0.25, 0.3) is 0 Å². The van der Waals surface area contributed by atoms with Crippen LogP contribution >= 0.6 is 0 Å². The lowest BCUT2D eigenvalue weighted by molar-refractivity contribution is -0.130. The molecular weight excluding hydrogens is 390 g/mol. The van der Waals surface area contributed by atoms with E-state index in [0.29, 0.717) is 23.6 Å². The quantitative estimate of drug-likeness (QED) is 0.694. The summed E-state index contributed by atoms with van der Waals surface area (Å²) in [5.41, 5.74) is 1.84. The number of anilines is 1. The molecule has 0 saturated heterocycles. The standard InChI is InChI=1S/C21H19N3O4S/c1-15(25)24-20(21-11-6-12-28-21)14-19(22-24)16-7-5-8-17(13-16)23-29(26,27)18-9-3-2-4-10-18/h2-13,20,23H,14H2,1H3/t20-/m1/s1. The molecule has 0 fully saturated rings. The lowest BCUT2D eigenvalue weighted by Crippen LogP contribution is -2.23. The first-order valence-electron chi connectivity index (χ1n) is 9.03. The van der Waals surface area contributed by atoms with Crippen molar-refractivity contribution in [2.75, 3.05) is 4.72 Å². The maximum Gasteiger partial charge on any atom is 0.261 e. The first-order chi connectivity index (χ1) is 13.9. The number of amides is 1. The van der Waals surface area contributed by atoms with Gasteiger partial charge in [-0.3, -0.25) is 9.52 Å². The molecule has 148 valence electrons. The minimum atomic E-state index is -3.69. The van der Waals surface area contributed by atoms with Gasteiger partial charge in [0.25, 0.3) is 10.0 Å². The summed E-state index contributed by atoms with van der Waals surface area (Å²) in [6.45, 7) is 1.45. The first kappa shape index (κ1) is 18.9. The van der Waals surface area contributed by atoms with Crippen LogP contribution in [0.2, 0.25) is 0 Å². The summed E-state index contributed by atoms with van der Waals surface area (Å²) in [5, 5.41) is 5.85. The minimum Gasteiger partial charge on any atom is -0.467 e. The Kier molecular flexibility index (Phi) is 4.94. The number of hydrogen-bond acceptors (Lipinski definition) is 5. The second kappa shape index (κ2) is 7.56. The highest BCUT2D eigenvalue weighted by molar-refractivity contribution is 7.92. The molecule has 0 bridgehead atoms. The van der Waals surface area contributed by atoms with Gasteiger partial charge in [-0.05, 0) is 42.0 Å². The van der Waals surface area contributed by atoms with Crippen LogP contribution in [0.4, 0.5) is 5.69 Å². The molecule has 2 aromatic carbocycles. The largest absolute Gasteiger partial charge is 0.467 e. The molecule has 0 radical (unpaired) electrons. The minimum absolute atomic E-state index is 0.184. The molecule has 1 atom stereocenters. The molecule has 7 nitrogen and oxygen atoms in total. The van der Waals surface area contributed by atoms with Gasteiger partial charge in [-0.25, -0.2) is 13.4 Å². The Morgan fingerprint density at radius 3 is 2.59 bits per heavy atom. The van der Waals surface area contributed by atoms with Crippen molar-refractivity contribution in [2.24, 2.45) is 5.10 Å². The second-order valence-corrected chi connectivity index (χ2v) is 8.33. The van der Waals surface area contributed by atoms with E-state index in [-0.39, 0.29) is 16.8 Å². The van der Waals surface area contributed by atoms with Crippen LogP contribution in [0.3, 0.4) is 0 Å². The molecular formula is C21H19N3O4S.